The Morgan fingerprint density at radius 3 is 2.37 bits per heavy atom. The van der Waals surface area contributed by atoms with Crippen molar-refractivity contribution in [1.29, 1.82) is 0 Å². The molecule has 11 atom stereocenters. The van der Waals surface area contributed by atoms with Gasteiger partial charge in [0.1, 0.15) is 67.3 Å². The topological polar surface area (TPSA) is 247 Å². The van der Waals surface area contributed by atoms with Gasteiger partial charge in [-0.25, -0.2) is 0 Å². The number of rotatable bonds is 7. The van der Waals surface area contributed by atoms with Gasteiger partial charge in [0.15, 0.2) is 6.29 Å². The lowest BCUT2D eigenvalue weighted by molar-refractivity contribution is -0.299. The Hall–Kier alpha value is -2.07. The molecule has 1 aliphatic carbocycles. The zero-order valence-corrected chi connectivity index (χ0v) is 15.3. The maximum absolute atomic E-state index is 11.9. The second kappa shape index (κ2) is 8.97. The zero-order chi connectivity index (χ0) is 22.2. The third kappa shape index (κ3) is 4.20. The fourth-order valence-electron chi connectivity index (χ4n) is 3.77. The first-order chi connectivity index (χ1) is 14.2. The average Bonchev–Trinajstić information content (AvgIpc) is 3.49. The summed E-state index contributed by atoms with van der Waals surface area (Å²) in [5.74, 6) is -3.64. The Bertz CT molecular complexity index is 719. The number of hydrogen-bond donors (Lipinski definition) is 7. The highest BCUT2D eigenvalue weighted by molar-refractivity contribution is 5.78. The predicted molar refractivity (Wildman–Crippen MR) is 90.4 cm³/mol. The van der Waals surface area contributed by atoms with Crippen LogP contribution in [0.5, 0.6) is 0 Å². The number of nitrogens with one attached hydrogen (secondary N) is 1. The minimum absolute atomic E-state index is 0.647. The third-order valence-electron chi connectivity index (χ3n) is 5.35. The van der Waals surface area contributed by atoms with Crippen molar-refractivity contribution in [1.82, 2.24) is 5.32 Å². The van der Waals surface area contributed by atoms with E-state index in [2.05, 4.69) is 15.3 Å². The van der Waals surface area contributed by atoms with Crippen LogP contribution >= 0.6 is 0 Å². The summed E-state index contributed by atoms with van der Waals surface area (Å²) < 4.78 is 16.0. The number of amides is 1. The summed E-state index contributed by atoms with van der Waals surface area (Å²) in [6, 6.07) is -1.49. The minimum Gasteiger partial charge on any atom is -0.481 e. The SMILES string of the molecule is [N-]=[N+]=NCC(=O)NC1[C@@H](O[C@@H]2C(C(=O)O)C3O[C@H]3C(O)[C@H]2O)OC(CO)[C@@H](O)[C@@H]1O. The first kappa shape index (κ1) is 22.6. The fraction of sp³-hybridized carbons (Fsp3) is 0.867. The van der Waals surface area contributed by atoms with Crippen LogP contribution in [-0.2, 0) is 23.8 Å². The van der Waals surface area contributed by atoms with Crippen LogP contribution in [0.1, 0.15) is 0 Å². The minimum atomic E-state index is -1.73. The van der Waals surface area contributed by atoms with E-state index in [1.165, 1.54) is 0 Å². The van der Waals surface area contributed by atoms with Gasteiger partial charge >= 0.3 is 5.97 Å². The largest absolute Gasteiger partial charge is 0.481 e. The van der Waals surface area contributed by atoms with Crippen molar-refractivity contribution in [2.45, 2.75) is 61.2 Å². The lowest BCUT2D eigenvalue weighted by atomic mass is 9.82. The molecule has 0 radical (unpaired) electrons. The Morgan fingerprint density at radius 1 is 1.07 bits per heavy atom. The number of fused-ring (bicyclic) bond motifs is 1. The maximum atomic E-state index is 11.9. The molecule has 2 saturated heterocycles. The number of ether oxygens (including phenoxy) is 3. The van der Waals surface area contributed by atoms with Crippen LogP contribution in [0.2, 0.25) is 0 Å². The first-order valence-corrected chi connectivity index (χ1v) is 9.03. The quantitative estimate of drug-likeness (QED) is 0.0875. The molecule has 168 valence electrons. The van der Waals surface area contributed by atoms with Crippen molar-refractivity contribution in [2.75, 3.05) is 13.2 Å². The van der Waals surface area contributed by atoms with E-state index in [1.807, 2.05) is 0 Å². The first-order valence-electron chi connectivity index (χ1n) is 9.03. The average molecular weight is 434 g/mol. The molecule has 0 spiro atoms. The Balaban J connectivity index is 1.83. The molecule has 1 saturated carbocycles. The molecular formula is C15H22N4O11. The van der Waals surface area contributed by atoms with Crippen molar-refractivity contribution in [3.63, 3.8) is 0 Å². The van der Waals surface area contributed by atoms with Crippen LogP contribution in [0.25, 0.3) is 10.4 Å². The third-order valence-corrected chi connectivity index (χ3v) is 5.35. The van der Waals surface area contributed by atoms with Crippen LogP contribution in [-0.4, -0.2) is 117 Å². The highest BCUT2D eigenvalue weighted by Gasteiger charge is 2.64. The van der Waals surface area contributed by atoms with Crippen LogP contribution in [0, 0.1) is 5.92 Å². The van der Waals surface area contributed by atoms with Crippen LogP contribution in [0.4, 0.5) is 0 Å². The number of nitrogens with zero attached hydrogens (tertiary/aromatic N) is 3. The Labute approximate surface area is 168 Å². The summed E-state index contributed by atoms with van der Waals surface area (Å²) in [7, 11) is 0. The van der Waals surface area contributed by atoms with Crippen molar-refractivity contribution in [3.8, 4) is 0 Å². The van der Waals surface area contributed by atoms with Gasteiger partial charge in [-0.05, 0) is 5.53 Å². The number of carbonyl (C=O) groups is 2. The van der Waals surface area contributed by atoms with Crippen molar-refractivity contribution < 1.29 is 54.4 Å². The number of azide groups is 1. The molecule has 30 heavy (non-hydrogen) atoms. The molecule has 15 nitrogen and oxygen atoms in total. The highest BCUT2D eigenvalue weighted by Crippen LogP contribution is 2.43. The molecular weight excluding hydrogens is 412 g/mol. The van der Waals surface area contributed by atoms with E-state index in [4.69, 9.17) is 19.7 Å². The monoisotopic (exact) mass is 434 g/mol. The Morgan fingerprint density at radius 2 is 1.77 bits per heavy atom. The summed E-state index contributed by atoms with van der Waals surface area (Å²) in [6.07, 6.45) is -12.9. The van der Waals surface area contributed by atoms with Crippen LogP contribution in [0.3, 0.4) is 0 Å². The normalized spacial score (nSPS) is 45.0. The van der Waals surface area contributed by atoms with E-state index in [0.717, 1.165) is 0 Å². The molecule has 7 N–H and O–H groups in total. The summed E-state index contributed by atoms with van der Waals surface area (Å²) in [6.45, 7) is -1.39. The summed E-state index contributed by atoms with van der Waals surface area (Å²) in [4.78, 5) is 26.0. The van der Waals surface area contributed by atoms with Gasteiger partial charge in [-0.15, -0.1) is 0 Å². The lowest BCUT2D eigenvalue weighted by Crippen LogP contribution is -2.67. The number of aliphatic hydroxyl groups excluding tert-OH is 5. The van der Waals surface area contributed by atoms with Crippen molar-refractivity contribution in [2.24, 2.45) is 11.0 Å². The van der Waals surface area contributed by atoms with Gasteiger partial charge in [-0.1, -0.05) is 5.11 Å². The van der Waals surface area contributed by atoms with E-state index in [0.29, 0.717) is 0 Å². The number of carbonyl (C=O) groups excluding carboxylic acids is 1. The molecule has 0 bridgehead atoms. The van der Waals surface area contributed by atoms with E-state index in [-0.39, 0.29) is 0 Å². The van der Waals surface area contributed by atoms with Gasteiger partial charge in [-0.2, -0.15) is 0 Å². The molecule has 3 aliphatic rings. The molecule has 0 aromatic rings. The molecule has 2 heterocycles. The molecule has 3 fully saturated rings. The fourth-order valence-corrected chi connectivity index (χ4v) is 3.77. The van der Waals surface area contributed by atoms with Gasteiger partial charge in [-0.3, -0.25) is 9.59 Å². The number of carboxylic acids is 1. The molecule has 1 amide bonds. The number of hydrogen-bond acceptors (Lipinski definition) is 11. The second-order valence-electron chi connectivity index (χ2n) is 7.20. The summed E-state index contributed by atoms with van der Waals surface area (Å²) in [5.41, 5.74) is 8.31. The second-order valence-corrected chi connectivity index (χ2v) is 7.20. The van der Waals surface area contributed by atoms with E-state index < -0.39 is 92.1 Å². The maximum Gasteiger partial charge on any atom is 0.312 e. The summed E-state index contributed by atoms with van der Waals surface area (Å²) in [5, 5.41) is 65.0. The van der Waals surface area contributed by atoms with Crippen LogP contribution in [0.15, 0.2) is 5.11 Å². The lowest BCUT2D eigenvalue weighted by Gasteiger charge is -2.45. The molecule has 15 heteroatoms. The molecule has 3 rings (SSSR count). The standard InChI is InChI=1S/C15H22N4O11/c16-19-17-1-4(21)18-6-8(23)7(22)3(2-20)28-15(6)30-11-5(14(26)27)12-13(29-12)10(25)9(11)24/h3,5-13,15,20,22-25H,1-2H2,(H,18,21)(H,26,27)/t3?,5?,6?,7-,8-,9-,10?,11-,12?,13+,15-/m1/s1. The number of epoxide rings is 1. The number of carboxylic acid groups (broad SMARTS) is 1. The smallest absolute Gasteiger partial charge is 0.312 e. The summed E-state index contributed by atoms with van der Waals surface area (Å²) >= 11 is 0. The molecule has 2 aliphatic heterocycles. The van der Waals surface area contributed by atoms with Crippen molar-refractivity contribution in [3.05, 3.63) is 10.4 Å². The van der Waals surface area contributed by atoms with Crippen LogP contribution < -0.4 is 5.32 Å². The van der Waals surface area contributed by atoms with Crippen molar-refractivity contribution >= 4 is 11.9 Å². The van der Waals surface area contributed by atoms with Gasteiger partial charge in [0.25, 0.3) is 0 Å². The number of aliphatic carboxylic acids is 1. The zero-order valence-electron chi connectivity index (χ0n) is 15.3. The van der Waals surface area contributed by atoms with Gasteiger partial charge in [0.05, 0.1) is 6.61 Å². The number of aliphatic hydroxyl groups is 5. The van der Waals surface area contributed by atoms with Gasteiger partial charge in [0, 0.05) is 4.91 Å². The van der Waals surface area contributed by atoms with Gasteiger partial charge in [0.2, 0.25) is 5.91 Å². The van der Waals surface area contributed by atoms with Gasteiger partial charge < -0.3 is 50.2 Å². The van der Waals surface area contributed by atoms with E-state index in [1.54, 1.807) is 0 Å². The Kier molecular flexibility index (Phi) is 6.76. The van der Waals surface area contributed by atoms with E-state index in [9.17, 15) is 40.2 Å². The highest BCUT2D eigenvalue weighted by atomic mass is 16.7. The molecule has 0 aromatic carbocycles. The van der Waals surface area contributed by atoms with E-state index >= 15 is 0 Å². The predicted octanol–water partition coefficient (Wildman–Crippen LogP) is -4.19. The molecule has 5 unspecified atom stereocenters. The molecule has 0 aromatic heterocycles.